The van der Waals surface area contributed by atoms with Crippen LogP contribution < -0.4 is 0 Å². The molecule has 0 atom stereocenters. The van der Waals surface area contributed by atoms with E-state index in [0.29, 0.717) is 0 Å². The van der Waals surface area contributed by atoms with Gasteiger partial charge in [-0.2, -0.15) is 107 Å². The molecule has 0 bridgehead atoms. The summed E-state index contributed by atoms with van der Waals surface area (Å²) >= 11 is 0. The van der Waals surface area contributed by atoms with Crippen LogP contribution in [0.15, 0.2) is 364 Å². The topological polar surface area (TPSA) is 0 Å². The van der Waals surface area contributed by atoms with E-state index < -0.39 is 0 Å². The molecular weight excluding hydrogens is 2650 g/mol. The second-order valence-electron chi connectivity index (χ2n) is 25.6. The maximum Gasteiger partial charge on any atom is 0 e. The van der Waals surface area contributed by atoms with Gasteiger partial charge in [-0.05, 0) is 0 Å². The molecule has 20 aromatic rings. The number of fused-ring (bicyclic) bond motifs is 5. The predicted octanol–water partition coefficient (Wildman–Crippen LogP) is 26.8. The fourth-order valence-electron chi connectivity index (χ4n) is 13.0. The number of benzene rings is 20. The summed E-state index contributed by atoms with van der Waals surface area (Å²) in [6.07, 6.45) is 0. The molecular formula is C110H60Y15-20. The Morgan fingerprint density at radius 1 is 0.144 bits per heavy atom. The molecule has 0 saturated heterocycles. The minimum Gasteiger partial charge on any atom is -0.379 e. The molecule has 0 heterocycles. The van der Waals surface area contributed by atoms with Crippen LogP contribution in [0.3, 0.4) is 0 Å². The van der Waals surface area contributed by atoms with Crippen LogP contribution in [-0.2, 0) is 491 Å². The first-order valence-corrected chi connectivity index (χ1v) is 36.1. The summed E-state index contributed by atoms with van der Waals surface area (Å²) in [7, 11) is 0. The average Bonchev–Trinajstić information content (AvgIpc) is 0.805. The van der Waals surface area contributed by atoms with Crippen molar-refractivity contribution in [2.75, 3.05) is 0 Å². The van der Waals surface area contributed by atoms with Gasteiger partial charge in [0.15, 0.2) is 0 Å². The Hall–Kier alpha value is 2.26. The molecule has 0 saturated carbocycles. The van der Waals surface area contributed by atoms with Gasteiger partial charge in [0.1, 0.15) is 0 Å². The smallest absolute Gasteiger partial charge is 0 e. The fourth-order valence-corrected chi connectivity index (χ4v) is 13.0. The second kappa shape index (κ2) is 66.8. The molecule has 15 radical (unpaired) electrons. The summed E-state index contributed by atoms with van der Waals surface area (Å²) in [6.45, 7) is 0. The molecule has 125 heavy (non-hydrogen) atoms. The molecule has 0 aliphatic heterocycles. The Balaban J connectivity index is 0.000000758. The largest absolute Gasteiger partial charge is 0.379 e. The fraction of sp³-hybridized carbons (Fsp3) is 0. The molecule has 0 aromatic heterocycles. The van der Waals surface area contributed by atoms with E-state index in [-0.39, 0.29) is 491 Å². The molecule has 20 aromatic carbocycles. The van der Waals surface area contributed by atoms with Crippen LogP contribution >= 0.6 is 0 Å². The van der Waals surface area contributed by atoms with E-state index in [1.165, 1.54) is 43.1 Å². The van der Waals surface area contributed by atoms with Crippen molar-refractivity contribution in [3.8, 4) is 111 Å². The van der Waals surface area contributed by atoms with E-state index in [2.05, 4.69) is 261 Å². The van der Waals surface area contributed by atoms with Gasteiger partial charge in [-0.1, -0.05) is 125 Å². The summed E-state index contributed by atoms with van der Waals surface area (Å²) in [5.74, 6) is 0. The first kappa shape index (κ1) is 125. The molecule has 0 aliphatic rings. The molecule has 0 fully saturated rings. The quantitative estimate of drug-likeness (QED) is 0.120. The Kier molecular flexibility index (Phi) is 66.9. The third-order valence-electron chi connectivity index (χ3n) is 18.5. The molecule has 15 heteroatoms. The van der Waals surface area contributed by atoms with Gasteiger partial charge in [-0.25, -0.2) is 95.1 Å². The summed E-state index contributed by atoms with van der Waals surface area (Å²) < 4.78 is 0. The van der Waals surface area contributed by atoms with Gasteiger partial charge in [-0.3, -0.25) is 64.7 Å². The van der Waals surface area contributed by atoms with Gasteiger partial charge in [-0.15, -0.1) is 159 Å². The van der Waals surface area contributed by atoms with Crippen molar-refractivity contribution in [1.29, 1.82) is 0 Å². The van der Waals surface area contributed by atoms with E-state index >= 15 is 0 Å². The predicted molar refractivity (Wildman–Crippen MR) is 451 cm³/mol. The van der Waals surface area contributed by atoms with Crippen LogP contribution in [0.5, 0.6) is 0 Å². The van der Waals surface area contributed by atoms with Gasteiger partial charge in [0, 0.05) is 491 Å². The molecule has 20 rings (SSSR count). The van der Waals surface area contributed by atoms with Crippen LogP contribution in [0.2, 0.25) is 0 Å². The van der Waals surface area contributed by atoms with E-state index in [1.54, 1.807) is 0 Å². The van der Waals surface area contributed by atoms with Crippen molar-refractivity contribution in [2.24, 2.45) is 0 Å². The van der Waals surface area contributed by atoms with Gasteiger partial charge in [0.25, 0.3) is 0 Å². The zero-order valence-electron chi connectivity index (χ0n) is 68.3. The number of hydrogen-bond acceptors (Lipinski definition) is 0. The maximum atomic E-state index is 3.49. The van der Waals surface area contributed by atoms with Crippen molar-refractivity contribution in [3.63, 3.8) is 0 Å². The van der Waals surface area contributed by atoms with E-state index in [1.807, 2.05) is 224 Å². The molecule has 0 aliphatic carbocycles. The summed E-state index contributed by atoms with van der Waals surface area (Å²) in [6, 6.07) is 188. The van der Waals surface area contributed by atoms with Gasteiger partial charge in [0.05, 0.1) is 0 Å². The van der Waals surface area contributed by atoms with Gasteiger partial charge >= 0.3 is 0 Å². The van der Waals surface area contributed by atoms with Crippen molar-refractivity contribution in [3.05, 3.63) is 485 Å². The third kappa shape index (κ3) is 35.2. The Labute approximate surface area is 1120 Å². The Morgan fingerprint density at radius 2 is 0.464 bits per heavy atom. The number of hydrogen-bond donors (Lipinski definition) is 0. The number of rotatable bonds is 10. The van der Waals surface area contributed by atoms with Gasteiger partial charge < -0.3 is 99.1 Å². The van der Waals surface area contributed by atoms with Crippen LogP contribution in [0.25, 0.3) is 165 Å². The Bertz CT molecular complexity index is 6170. The molecule has 0 spiro atoms. The minimum atomic E-state index is 0. The van der Waals surface area contributed by atoms with Crippen molar-refractivity contribution < 1.29 is 491 Å². The summed E-state index contributed by atoms with van der Waals surface area (Å²) in [4.78, 5) is 0. The normalized spacial score (nSPS) is 9.44. The van der Waals surface area contributed by atoms with Crippen LogP contribution in [-0.4, -0.2) is 0 Å². The summed E-state index contributed by atoms with van der Waals surface area (Å²) in [5.41, 5.74) is 20.3. The maximum absolute atomic E-state index is 3.49. The molecule has 0 unspecified atom stereocenters. The SMILES string of the molecule is [Y].[Y].[Y].[Y].[Y].[Y].[Y].[Y].[Y].[Y].[Y].[Y].[Y].[Y].[Y].[c-]1ccc(-c2[c-]c3ccccc3cc2)[c-]c1-c1[c-]cccc1.[c-]1ccc(-c2[c-]cc3ccccc3c2)[c-]c1-c1[c-]cccc1.[c-]1ccc(-c2[c-]ccc3ccccc23)[c-]c1-c1[c-]cccc1.[c-]1ccccc1-c1[c-]c[c-]c(-c2[c-]ccc3ccccc23)c1.[c-]1ccccc1-c1[c-]cc[c-]c1-c1[c-]c2ccccc2cc1. The zero-order valence-corrected chi connectivity index (χ0v) is 111. The molecule has 0 amide bonds. The second-order valence-corrected chi connectivity index (χ2v) is 25.6. The monoisotopic (exact) mass is 2710 g/mol. The molecule has 565 valence electrons. The van der Waals surface area contributed by atoms with Crippen LogP contribution in [0.4, 0.5) is 0 Å². The zero-order chi connectivity index (χ0) is 73.9. The van der Waals surface area contributed by atoms with Crippen LogP contribution in [0.1, 0.15) is 0 Å². The first-order valence-electron chi connectivity index (χ1n) is 36.1. The van der Waals surface area contributed by atoms with Crippen LogP contribution in [0, 0.1) is 121 Å². The van der Waals surface area contributed by atoms with Gasteiger partial charge in [0.2, 0.25) is 0 Å². The molecule has 0 nitrogen and oxygen atoms in total. The summed E-state index contributed by atoms with van der Waals surface area (Å²) in [5, 5.41) is 11.8. The van der Waals surface area contributed by atoms with E-state index in [4.69, 9.17) is 0 Å². The Morgan fingerprint density at radius 3 is 0.936 bits per heavy atom. The van der Waals surface area contributed by atoms with E-state index in [0.717, 1.165) is 122 Å². The standard InChI is InChI=1S/5C22H12.15Y/c2*1-2-8-17(9-3-1)19-12-6-13-20(16-19)22-15-7-11-18-10-4-5-14-21(18)22;1-2-9-18(10-3-1)21-12-6-7-13-22(21)20-15-14-17-8-4-5-11-19(17)16-20;2*1-2-7-17(8-3-1)20-11-6-12-21(15-20)22-14-13-18-9-4-5-10-19(18)16-22;;;;;;;;;;;;;;;/h1-8,10-11,14,16H;1-8,10-11,13-14H;1-9,11,14-15H;1-7,9-10,12-13,16H;1-7,9-10,12-14H;;;;;;;;;;;;;;;/q5*-4;;;;;;;;;;;;;;;. The average molecular weight is 2720 g/mol. The van der Waals surface area contributed by atoms with Crippen molar-refractivity contribution in [2.45, 2.75) is 0 Å². The minimum absolute atomic E-state index is 0. The van der Waals surface area contributed by atoms with E-state index in [9.17, 15) is 0 Å². The first-order chi connectivity index (χ1) is 54.5. The van der Waals surface area contributed by atoms with Crippen molar-refractivity contribution in [1.82, 2.24) is 0 Å². The van der Waals surface area contributed by atoms with Crippen molar-refractivity contribution >= 4 is 53.9 Å². The molecule has 0 N–H and O–H groups in total. The third-order valence-corrected chi connectivity index (χ3v) is 18.5.